The molecule has 6 nitrogen and oxygen atoms in total. The standard InChI is InChI=1S/C28H32N2O4/c1-4-33-26-14-13-22(19-23(26)20-34-25-11-7-5-9-21(25)2)28(31)30-17-15-29(16-18-30)24-10-6-8-12-27(24)32-3/h5-14,19H,4,15-18,20H2,1-3H3. The van der Waals surface area contributed by atoms with E-state index >= 15 is 0 Å². The molecule has 0 saturated carbocycles. The minimum Gasteiger partial charge on any atom is -0.495 e. The summed E-state index contributed by atoms with van der Waals surface area (Å²) in [4.78, 5) is 17.5. The third-order valence-corrected chi connectivity index (χ3v) is 6.08. The number of aryl methyl sites for hydroxylation is 1. The van der Waals surface area contributed by atoms with Gasteiger partial charge in [-0.1, -0.05) is 30.3 Å². The second kappa shape index (κ2) is 11.0. The molecule has 3 aromatic carbocycles. The number of methoxy groups -OCH3 is 1. The summed E-state index contributed by atoms with van der Waals surface area (Å²) in [7, 11) is 1.69. The molecule has 6 heteroatoms. The lowest BCUT2D eigenvalue weighted by Gasteiger charge is -2.36. The molecule has 0 unspecified atom stereocenters. The van der Waals surface area contributed by atoms with Crippen LogP contribution in [0.5, 0.6) is 17.2 Å². The molecule has 1 saturated heterocycles. The van der Waals surface area contributed by atoms with Gasteiger partial charge in [-0.05, 0) is 55.8 Å². The lowest BCUT2D eigenvalue weighted by atomic mass is 10.1. The fourth-order valence-electron chi connectivity index (χ4n) is 4.22. The summed E-state index contributed by atoms with van der Waals surface area (Å²) >= 11 is 0. The Morgan fingerprint density at radius 2 is 1.56 bits per heavy atom. The lowest BCUT2D eigenvalue weighted by Crippen LogP contribution is -2.48. The lowest BCUT2D eigenvalue weighted by molar-refractivity contribution is 0.0746. The van der Waals surface area contributed by atoms with Crippen molar-refractivity contribution in [2.75, 3.05) is 44.8 Å². The molecule has 0 aliphatic carbocycles. The second-order valence-corrected chi connectivity index (χ2v) is 8.26. The molecular formula is C28H32N2O4. The third-order valence-electron chi connectivity index (χ3n) is 6.08. The van der Waals surface area contributed by atoms with Crippen LogP contribution in [0, 0.1) is 6.92 Å². The van der Waals surface area contributed by atoms with E-state index in [0.717, 1.165) is 47.2 Å². The van der Waals surface area contributed by atoms with Crippen LogP contribution >= 0.6 is 0 Å². The van der Waals surface area contributed by atoms with Gasteiger partial charge in [0.05, 0.1) is 19.4 Å². The highest BCUT2D eigenvalue weighted by molar-refractivity contribution is 5.94. The number of rotatable bonds is 8. The molecule has 34 heavy (non-hydrogen) atoms. The van der Waals surface area contributed by atoms with Gasteiger partial charge in [0.2, 0.25) is 0 Å². The van der Waals surface area contributed by atoms with Crippen molar-refractivity contribution in [3.8, 4) is 17.2 Å². The zero-order chi connectivity index (χ0) is 23.9. The Balaban J connectivity index is 1.45. The number of benzene rings is 3. The van der Waals surface area contributed by atoms with Crippen LogP contribution in [0.3, 0.4) is 0 Å². The van der Waals surface area contributed by atoms with Gasteiger partial charge in [-0.2, -0.15) is 0 Å². The predicted molar refractivity (Wildman–Crippen MR) is 134 cm³/mol. The molecule has 0 bridgehead atoms. The Kier molecular flexibility index (Phi) is 7.58. The van der Waals surface area contributed by atoms with E-state index in [1.165, 1.54) is 0 Å². The van der Waals surface area contributed by atoms with E-state index in [2.05, 4.69) is 11.0 Å². The molecule has 3 aromatic rings. The maximum atomic E-state index is 13.3. The van der Waals surface area contributed by atoms with Crippen LogP contribution in [0.15, 0.2) is 66.7 Å². The number of nitrogens with zero attached hydrogens (tertiary/aromatic N) is 2. The molecule has 1 heterocycles. The van der Waals surface area contributed by atoms with Gasteiger partial charge < -0.3 is 24.0 Å². The highest BCUT2D eigenvalue weighted by atomic mass is 16.5. The normalized spacial score (nSPS) is 13.5. The first-order valence-electron chi connectivity index (χ1n) is 11.7. The summed E-state index contributed by atoms with van der Waals surface area (Å²) < 4.78 is 17.4. The monoisotopic (exact) mass is 460 g/mol. The molecule has 1 amide bonds. The molecule has 0 N–H and O–H groups in total. The van der Waals surface area contributed by atoms with Crippen molar-refractivity contribution >= 4 is 11.6 Å². The van der Waals surface area contributed by atoms with Gasteiger partial charge in [0.15, 0.2) is 0 Å². The number of piperazine rings is 1. The first-order valence-corrected chi connectivity index (χ1v) is 11.7. The highest BCUT2D eigenvalue weighted by Gasteiger charge is 2.24. The van der Waals surface area contributed by atoms with Crippen molar-refractivity contribution < 1.29 is 19.0 Å². The van der Waals surface area contributed by atoms with Gasteiger partial charge in [0.25, 0.3) is 5.91 Å². The number of hydrogen-bond acceptors (Lipinski definition) is 5. The first kappa shape index (κ1) is 23.5. The first-order chi connectivity index (χ1) is 16.6. The van der Waals surface area contributed by atoms with Gasteiger partial charge in [-0.3, -0.25) is 4.79 Å². The molecule has 1 aliphatic rings. The zero-order valence-corrected chi connectivity index (χ0v) is 20.1. The van der Waals surface area contributed by atoms with Crippen molar-refractivity contribution in [1.29, 1.82) is 0 Å². The number of carbonyl (C=O) groups excluding carboxylic acids is 1. The van der Waals surface area contributed by atoms with Crippen molar-refractivity contribution in [2.45, 2.75) is 20.5 Å². The Morgan fingerprint density at radius 3 is 2.26 bits per heavy atom. The predicted octanol–water partition coefficient (Wildman–Crippen LogP) is 4.94. The fraction of sp³-hybridized carbons (Fsp3) is 0.321. The Hall–Kier alpha value is -3.67. The number of anilines is 1. The van der Waals surface area contributed by atoms with Crippen molar-refractivity contribution in [1.82, 2.24) is 4.90 Å². The van der Waals surface area contributed by atoms with Crippen molar-refractivity contribution in [3.05, 3.63) is 83.4 Å². The summed E-state index contributed by atoms with van der Waals surface area (Å²) in [5.41, 5.74) is 3.65. The van der Waals surface area contributed by atoms with Crippen LogP contribution in [0.2, 0.25) is 0 Å². The molecular weight excluding hydrogens is 428 g/mol. The largest absolute Gasteiger partial charge is 0.495 e. The van der Waals surface area contributed by atoms with E-state index in [4.69, 9.17) is 14.2 Å². The summed E-state index contributed by atoms with van der Waals surface area (Å²) in [6.45, 7) is 7.67. The Morgan fingerprint density at radius 1 is 0.853 bits per heavy atom. The van der Waals surface area contributed by atoms with Crippen molar-refractivity contribution in [2.24, 2.45) is 0 Å². The SMILES string of the molecule is CCOc1ccc(C(=O)N2CCN(c3ccccc3OC)CC2)cc1COc1ccccc1C. The fourth-order valence-corrected chi connectivity index (χ4v) is 4.22. The number of amides is 1. The van der Waals surface area contributed by atoms with E-state index in [-0.39, 0.29) is 5.91 Å². The number of para-hydroxylation sites is 3. The summed E-state index contributed by atoms with van der Waals surface area (Å²) in [5.74, 6) is 2.45. The average molecular weight is 461 g/mol. The number of hydrogen-bond donors (Lipinski definition) is 0. The second-order valence-electron chi connectivity index (χ2n) is 8.26. The van der Waals surface area contributed by atoms with Crippen LogP contribution in [-0.4, -0.2) is 50.7 Å². The van der Waals surface area contributed by atoms with Crippen LogP contribution in [-0.2, 0) is 6.61 Å². The van der Waals surface area contributed by atoms with Gasteiger partial charge >= 0.3 is 0 Å². The van der Waals surface area contributed by atoms with E-state index in [9.17, 15) is 4.79 Å². The van der Waals surface area contributed by atoms with E-state index in [1.54, 1.807) is 7.11 Å². The zero-order valence-electron chi connectivity index (χ0n) is 20.1. The topological polar surface area (TPSA) is 51.2 Å². The van der Waals surface area contributed by atoms with Gasteiger partial charge in [-0.15, -0.1) is 0 Å². The van der Waals surface area contributed by atoms with Gasteiger partial charge in [-0.25, -0.2) is 0 Å². The molecule has 0 atom stereocenters. The molecule has 178 valence electrons. The molecule has 0 radical (unpaired) electrons. The maximum Gasteiger partial charge on any atom is 0.253 e. The third kappa shape index (κ3) is 5.28. The quantitative estimate of drug-likeness (QED) is 0.476. The molecule has 4 rings (SSSR count). The molecule has 1 aliphatic heterocycles. The van der Waals surface area contributed by atoms with Crippen molar-refractivity contribution in [3.63, 3.8) is 0 Å². The summed E-state index contributed by atoms with van der Waals surface area (Å²) in [5, 5.41) is 0. The van der Waals surface area contributed by atoms with Crippen LogP contribution in [0.25, 0.3) is 0 Å². The van der Waals surface area contributed by atoms with Crippen LogP contribution in [0.1, 0.15) is 28.4 Å². The van der Waals surface area contributed by atoms with E-state index in [0.29, 0.717) is 31.9 Å². The van der Waals surface area contributed by atoms with Gasteiger partial charge in [0.1, 0.15) is 23.9 Å². The molecule has 0 aromatic heterocycles. The molecule has 0 spiro atoms. The smallest absolute Gasteiger partial charge is 0.253 e. The van der Waals surface area contributed by atoms with Crippen LogP contribution in [0.4, 0.5) is 5.69 Å². The maximum absolute atomic E-state index is 13.3. The average Bonchev–Trinajstić information content (AvgIpc) is 2.88. The van der Waals surface area contributed by atoms with E-state index in [1.807, 2.05) is 79.4 Å². The highest BCUT2D eigenvalue weighted by Crippen LogP contribution is 2.29. The van der Waals surface area contributed by atoms with Gasteiger partial charge in [0, 0.05) is 37.3 Å². The molecule has 1 fully saturated rings. The minimum absolute atomic E-state index is 0.0277. The Bertz CT molecular complexity index is 1120. The number of carbonyl (C=O) groups is 1. The summed E-state index contributed by atoms with van der Waals surface area (Å²) in [6, 6.07) is 21.5. The van der Waals surface area contributed by atoms with E-state index < -0.39 is 0 Å². The van der Waals surface area contributed by atoms with Crippen LogP contribution < -0.4 is 19.1 Å². The Labute approximate surface area is 201 Å². The summed E-state index contributed by atoms with van der Waals surface area (Å²) in [6.07, 6.45) is 0. The minimum atomic E-state index is 0.0277. The number of ether oxygens (including phenoxy) is 3.